The minimum absolute atomic E-state index is 0.165. The lowest BCUT2D eigenvalue weighted by molar-refractivity contribution is -0.139. The fraction of sp³-hybridized carbons (Fsp3) is 0.400. The first-order valence-corrected chi connectivity index (χ1v) is 9.51. The van der Waals surface area contributed by atoms with Crippen LogP contribution in [0, 0.1) is 6.92 Å². The maximum atomic E-state index is 12.4. The third-order valence-electron chi connectivity index (χ3n) is 4.34. The first kappa shape index (κ1) is 22.5. The van der Waals surface area contributed by atoms with Crippen LogP contribution in [0.15, 0.2) is 30.7 Å². The van der Waals surface area contributed by atoms with Crippen LogP contribution in [0.3, 0.4) is 0 Å². The Morgan fingerprint density at radius 1 is 1.26 bits per heavy atom. The molecule has 0 spiro atoms. The zero-order chi connectivity index (χ0) is 22.4. The molecule has 0 saturated heterocycles. The molecule has 0 saturated carbocycles. The number of alkyl halides is 3. The molecule has 166 valence electrons. The first-order chi connectivity index (χ1) is 14.8. The highest BCUT2D eigenvalue weighted by molar-refractivity contribution is 6.04. The summed E-state index contributed by atoms with van der Waals surface area (Å²) >= 11 is 0. The number of aromatic nitrogens is 4. The van der Waals surface area contributed by atoms with Crippen molar-refractivity contribution in [2.45, 2.75) is 26.1 Å². The topological polar surface area (TPSA) is 91.2 Å². The van der Waals surface area contributed by atoms with Gasteiger partial charge in [-0.3, -0.25) is 14.5 Å². The quantitative estimate of drug-likeness (QED) is 0.518. The number of carbonyl (C=O) groups excluding carboxylic acids is 1. The maximum absolute atomic E-state index is 12.4. The second-order valence-electron chi connectivity index (χ2n) is 6.85. The Bertz CT molecular complexity index is 1050. The Balaban J connectivity index is 1.71. The summed E-state index contributed by atoms with van der Waals surface area (Å²) in [6.07, 6.45) is -0.547. The second-order valence-corrected chi connectivity index (χ2v) is 6.85. The first-order valence-electron chi connectivity index (χ1n) is 9.51. The van der Waals surface area contributed by atoms with E-state index in [0.717, 1.165) is 5.56 Å². The van der Waals surface area contributed by atoms with Gasteiger partial charge in [-0.15, -0.1) is 0 Å². The fourth-order valence-electron chi connectivity index (χ4n) is 2.91. The van der Waals surface area contributed by atoms with Gasteiger partial charge in [-0.05, 0) is 24.6 Å². The third kappa shape index (κ3) is 6.14. The molecule has 0 aliphatic heterocycles. The number of rotatable bonds is 9. The summed E-state index contributed by atoms with van der Waals surface area (Å²) in [7, 11) is 1.55. The molecule has 3 aromatic heterocycles. The molecule has 3 heterocycles. The molecule has 0 aromatic carbocycles. The van der Waals surface area contributed by atoms with Gasteiger partial charge in [-0.1, -0.05) is 0 Å². The maximum Gasteiger partial charge on any atom is 0.392 e. The van der Waals surface area contributed by atoms with E-state index in [1.54, 1.807) is 37.0 Å². The standard InChI is InChI=1S/C20H22F3N5O3/c1-13-9-14(10-26-19(13)31-7-4-20(21,22)23)11-28-12-15-16(27-28)3-5-24-17(15)18(29)25-6-8-30-2/h3,5,9-10,12H,4,6-8,11H2,1-2H3,(H,25,29). The molecule has 0 fully saturated rings. The highest BCUT2D eigenvalue weighted by Gasteiger charge is 2.27. The fourth-order valence-corrected chi connectivity index (χ4v) is 2.91. The van der Waals surface area contributed by atoms with Crippen molar-refractivity contribution in [2.75, 3.05) is 26.9 Å². The molecule has 8 nitrogen and oxygen atoms in total. The third-order valence-corrected chi connectivity index (χ3v) is 4.34. The van der Waals surface area contributed by atoms with Gasteiger partial charge in [0.1, 0.15) is 5.69 Å². The summed E-state index contributed by atoms with van der Waals surface area (Å²) in [6, 6.07) is 3.48. The highest BCUT2D eigenvalue weighted by Crippen LogP contribution is 2.22. The van der Waals surface area contributed by atoms with Crippen LogP contribution in [0.25, 0.3) is 10.9 Å². The van der Waals surface area contributed by atoms with Crippen LogP contribution in [-0.4, -0.2) is 58.7 Å². The second kappa shape index (κ2) is 9.73. The van der Waals surface area contributed by atoms with E-state index >= 15 is 0 Å². The van der Waals surface area contributed by atoms with Crippen LogP contribution in [0.2, 0.25) is 0 Å². The summed E-state index contributed by atoms with van der Waals surface area (Å²) in [4.78, 5) is 20.6. The van der Waals surface area contributed by atoms with Crippen molar-refractivity contribution in [1.29, 1.82) is 0 Å². The number of fused-ring (bicyclic) bond motifs is 1. The van der Waals surface area contributed by atoms with Crippen molar-refractivity contribution in [3.05, 3.63) is 47.5 Å². The lowest BCUT2D eigenvalue weighted by atomic mass is 10.2. The summed E-state index contributed by atoms with van der Waals surface area (Å²) in [6.45, 7) is 2.35. The molecule has 11 heteroatoms. The van der Waals surface area contributed by atoms with Crippen LogP contribution >= 0.6 is 0 Å². The monoisotopic (exact) mass is 437 g/mol. The molecule has 0 atom stereocenters. The van der Waals surface area contributed by atoms with Gasteiger partial charge >= 0.3 is 6.18 Å². The van der Waals surface area contributed by atoms with E-state index in [-0.39, 0.29) is 17.5 Å². The largest absolute Gasteiger partial charge is 0.477 e. The van der Waals surface area contributed by atoms with E-state index in [2.05, 4.69) is 20.4 Å². The number of ether oxygens (including phenoxy) is 2. The molecule has 0 bridgehead atoms. The molecule has 1 amide bonds. The van der Waals surface area contributed by atoms with Crippen LogP contribution < -0.4 is 10.1 Å². The summed E-state index contributed by atoms with van der Waals surface area (Å²) in [5.41, 5.74) is 2.29. The lowest BCUT2D eigenvalue weighted by Crippen LogP contribution is -2.27. The number of nitrogens with zero attached hydrogens (tertiary/aromatic N) is 4. The molecule has 0 aliphatic carbocycles. The molecule has 0 unspecified atom stereocenters. The average Bonchev–Trinajstić information content (AvgIpc) is 3.11. The highest BCUT2D eigenvalue weighted by atomic mass is 19.4. The van der Waals surface area contributed by atoms with Crippen LogP contribution in [0.1, 0.15) is 28.0 Å². The van der Waals surface area contributed by atoms with E-state index in [4.69, 9.17) is 9.47 Å². The molecule has 3 aromatic rings. The van der Waals surface area contributed by atoms with E-state index in [1.807, 2.05) is 0 Å². The molecule has 0 radical (unpaired) electrons. The number of aryl methyl sites for hydroxylation is 1. The Labute approximate surface area is 176 Å². The zero-order valence-electron chi connectivity index (χ0n) is 17.1. The van der Waals surface area contributed by atoms with Crippen molar-refractivity contribution in [3.8, 4) is 5.88 Å². The SMILES string of the molecule is COCCNC(=O)c1nccc2nn(Cc3cnc(OCCC(F)(F)F)c(C)c3)cc12. The number of methoxy groups -OCH3 is 1. The van der Waals surface area contributed by atoms with Crippen molar-refractivity contribution >= 4 is 16.8 Å². The number of carbonyl (C=O) groups is 1. The Hall–Kier alpha value is -3.21. The van der Waals surface area contributed by atoms with E-state index in [0.29, 0.717) is 36.2 Å². The normalized spacial score (nSPS) is 11.6. The van der Waals surface area contributed by atoms with Crippen molar-refractivity contribution < 1.29 is 27.4 Å². The zero-order valence-corrected chi connectivity index (χ0v) is 17.1. The molecular weight excluding hydrogens is 415 g/mol. The Kier molecular flexibility index (Phi) is 7.06. The Morgan fingerprint density at radius 3 is 2.77 bits per heavy atom. The molecule has 31 heavy (non-hydrogen) atoms. The number of hydrogen-bond donors (Lipinski definition) is 1. The molecule has 3 rings (SSSR count). The van der Waals surface area contributed by atoms with Gasteiger partial charge in [0, 0.05) is 37.8 Å². The minimum Gasteiger partial charge on any atom is -0.477 e. The Morgan fingerprint density at radius 2 is 2.06 bits per heavy atom. The van der Waals surface area contributed by atoms with Gasteiger partial charge < -0.3 is 14.8 Å². The van der Waals surface area contributed by atoms with Crippen LogP contribution in [0.4, 0.5) is 13.2 Å². The van der Waals surface area contributed by atoms with Gasteiger partial charge in [0.05, 0.1) is 37.1 Å². The predicted octanol–water partition coefficient (Wildman–Crippen LogP) is 2.89. The van der Waals surface area contributed by atoms with Gasteiger partial charge in [0.2, 0.25) is 5.88 Å². The lowest BCUT2D eigenvalue weighted by Gasteiger charge is -2.11. The van der Waals surface area contributed by atoms with E-state index < -0.39 is 19.2 Å². The number of nitrogens with one attached hydrogen (secondary N) is 1. The molecule has 0 aliphatic rings. The van der Waals surface area contributed by atoms with Gasteiger partial charge in [0.25, 0.3) is 5.91 Å². The number of pyridine rings is 2. The van der Waals surface area contributed by atoms with Crippen LogP contribution in [-0.2, 0) is 11.3 Å². The van der Waals surface area contributed by atoms with E-state index in [1.165, 1.54) is 12.4 Å². The van der Waals surface area contributed by atoms with Crippen molar-refractivity contribution in [1.82, 2.24) is 25.1 Å². The van der Waals surface area contributed by atoms with Crippen molar-refractivity contribution in [2.24, 2.45) is 0 Å². The summed E-state index contributed by atoms with van der Waals surface area (Å²) in [5.74, 6) is -0.155. The number of hydrogen-bond acceptors (Lipinski definition) is 6. The average molecular weight is 437 g/mol. The number of halogens is 3. The van der Waals surface area contributed by atoms with E-state index in [9.17, 15) is 18.0 Å². The smallest absolute Gasteiger partial charge is 0.392 e. The van der Waals surface area contributed by atoms with Crippen LogP contribution in [0.5, 0.6) is 5.88 Å². The van der Waals surface area contributed by atoms with Gasteiger partial charge in [-0.2, -0.15) is 18.3 Å². The predicted molar refractivity (Wildman–Crippen MR) is 106 cm³/mol. The summed E-state index contributed by atoms with van der Waals surface area (Å²) in [5, 5.41) is 7.80. The minimum atomic E-state index is -4.27. The van der Waals surface area contributed by atoms with Gasteiger partial charge in [-0.25, -0.2) is 4.98 Å². The molecular formula is C20H22F3N5O3. The molecule has 1 N–H and O–H groups in total. The summed E-state index contributed by atoms with van der Waals surface area (Å²) < 4.78 is 48.5. The van der Waals surface area contributed by atoms with Crippen molar-refractivity contribution in [3.63, 3.8) is 0 Å². The van der Waals surface area contributed by atoms with Gasteiger partial charge in [0.15, 0.2) is 0 Å². The number of amides is 1.